The van der Waals surface area contributed by atoms with Crippen molar-refractivity contribution in [3.63, 3.8) is 0 Å². The minimum absolute atomic E-state index is 0.0265. The minimum atomic E-state index is -0.439. The number of pyridine rings is 1. The molecule has 2 N–H and O–H groups in total. The molecule has 4 rings (SSSR count). The van der Waals surface area contributed by atoms with Gasteiger partial charge in [-0.3, -0.25) is 10.1 Å². The molecule has 142 valence electrons. The monoisotopic (exact) mass is 384 g/mol. The normalized spacial score (nSPS) is 10.6. The van der Waals surface area contributed by atoms with Gasteiger partial charge in [-0.05, 0) is 53.9 Å². The second-order valence-electron chi connectivity index (χ2n) is 6.54. The first-order valence-electron chi connectivity index (χ1n) is 8.88. The van der Waals surface area contributed by atoms with Gasteiger partial charge in [-0.1, -0.05) is 12.1 Å². The molecule has 2 aromatic carbocycles. The third kappa shape index (κ3) is 3.61. The summed E-state index contributed by atoms with van der Waals surface area (Å²) in [6, 6.07) is 16.3. The van der Waals surface area contributed by atoms with Gasteiger partial charge in [0, 0.05) is 12.3 Å². The Morgan fingerprint density at radius 1 is 1.24 bits per heavy atom. The molecule has 0 aliphatic heterocycles. The summed E-state index contributed by atoms with van der Waals surface area (Å²) in [5.41, 5.74) is 4.55. The van der Waals surface area contributed by atoms with Gasteiger partial charge < -0.3 is 10.3 Å². The van der Waals surface area contributed by atoms with Gasteiger partial charge in [0.2, 0.25) is 0 Å². The highest BCUT2D eigenvalue weighted by molar-refractivity contribution is 5.84. The Kier molecular flexibility index (Phi) is 4.63. The Morgan fingerprint density at radius 2 is 2.10 bits per heavy atom. The highest BCUT2D eigenvalue weighted by atomic mass is 16.6. The van der Waals surface area contributed by atoms with Crippen molar-refractivity contribution >= 4 is 22.5 Å². The van der Waals surface area contributed by atoms with Gasteiger partial charge in [-0.2, -0.15) is 5.26 Å². The van der Waals surface area contributed by atoms with Crippen molar-refractivity contribution in [3.8, 4) is 17.2 Å². The number of nitrogens with one attached hydrogen (secondary N) is 2. The largest absolute Gasteiger partial charge is 0.363 e. The van der Waals surface area contributed by atoms with Crippen molar-refractivity contribution in [1.29, 1.82) is 5.26 Å². The maximum atomic E-state index is 11.2. The lowest BCUT2D eigenvalue weighted by molar-refractivity contribution is -0.383. The van der Waals surface area contributed by atoms with Gasteiger partial charge in [0.1, 0.15) is 11.6 Å². The van der Waals surface area contributed by atoms with Crippen LogP contribution in [0.3, 0.4) is 0 Å². The molecule has 8 nitrogen and oxygen atoms in total. The van der Waals surface area contributed by atoms with E-state index >= 15 is 0 Å². The van der Waals surface area contributed by atoms with Crippen LogP contribution in [0.15, 0.2) is 54.7 Å². The minimum Gasteiger partial charge on any atom is -0.363 e. The molecule has 4 aromatic rings. The summed E-state index contributed by atoms with van der Waals surface area (Å²) in [6.07, 6.45) is 1.71. The van der Waals surface area contributed by atoms with E-state index in [1.807, 2.05) is 31.2 Å². The zero-order valence-electron chi connectivity index (χ0n) is 15.5. The van der Waals surface area contributed by atoms with Crippen LogP contribution in [-0.4, -0.2) is 19.9 Å². The zero-order chi connectivity index (χ0) is 20.4. The van der Waals surface area contributed by atoms with Crippen LogP contribution in [0.5, 0.6) is 0 Å². The standard InChI is InChI=1S/C21H16N6O2/c1-13-9-14(11-22)5-6-16(13)15-7-8-23-19(10-15)24-12-20-25-17-3-2-4-18(27(28)29)21(17)26-20/h2-10H,12H2,1H3,(H,23,24)(H,25,26). The maximum Gasteiger partial charge on any atom is 0.297 e. The predicted molar refractivity (Wildman–Crippen MR) is 109 cm³/mol. The van der Waals surface area contributed by atoms with Crippen molar-refractivity contribution in [2.45, 2.75) is 13.5 Å². The molecule has 0 atom stereocenters. The number of aryl methyl sites for hydroxylation is 1. The number of hydrogen-bond donors (Lipinski definition) is 2. The van der Waals surface area contributed by atoms with Gasteiger partial charge in [-0.15, -0.1) is 0 Å². The molecule has 2 aromatic heterocycles. The third-order valence-electron chi connectivity index (χ3n) is 4.60. The van der Waals surface area contributed by atoms with E-state index in [-0.39, 0.29) is 5.69 Å². The van der Waals surface area contributed by atoms with E-state index in [2.05, 4.69) is 26.3 Å². The molecule has 2 heterocycles. The number of anilines is 1. The Morgan fingerprint density at radius 3 is 2.86 bits per heavy atom. The van der Waals surface area contributed by atoms with E-state index in [1.54, 1.807) is 24.4 Å². The smallest absolute Gasteiger partial charge is 0.297 e. The average molecular weight is 384 g/mol. The molecule has 0 saturated carbocycles. The number of nitrogens with zero attached hydrogens (tertiary/aromatic N) is 4. The Hall–Kier alpha value is -4.25. The SMILES string of the molecule is Cc1cc(C#N)ccc1-c1ccnc(NCc2nc3c([N+](=O)[O-])cccc3[nH]2)c1. The van der Waals surface area contributed by atoms with Crippen LogP contribution >= 0.6 is 0 Å². The first kappa shape index (κ1) is 18.1. The van der Waals surface area contributed by atoms with E-state index < -0.39 is 4.92 Å². The van der Waals surface area contributed by atoms with Crippen LogP contribution in [0.25, 0.3) is 22.2 Å². The number of nitro benzene ring substituents is 1. The zero-order valence-corrected chi connectivity index (χ0v) is 15.5. The first-order chi connectivity index (χ1) is 14.0. The van der Waals surface area contributed by atoms with E-state index in [0.717, 1.165) is 16.7 Å². The fourth-order valence-corrected chi connectivity index (χ4v) is 3.23. The number of hydrogen-bond acceptors (Lipinski definition) is 6. The lowest BCUT2D eigenvalue weighted by Crippen LogP contribution is -2.03. The number of aromatic nitrogens is 3. The molecular weight excluding hydrogens is 368 g/mol. The lowest BCUT2D eigenvalue weighted by Gasteiger charge is -2.09. The van der Waals surface area contributed by atoms with Crippen LogP contribution in [0.4, 0.5) is 11.5 Å². The number of fused-ring (bicyclic) bond motifs is 1. The van der Waals surface area contributed by atoms with Gasteiger partial charge in [0.25, 0.3) is 5.69 Å². The molecule has 0 saturated heterocycles. The maximum absolute atomic E-state index is 11.2. The van der Waals surface area contributed by atoms with Crippen LogP contribution in [0, 0.1) is 28.4 Å². The second kappa shape index (κ2) is 7.40. The van der Waals surface area contributed by atoms with E-state index in [9.17, 15) is 10.1 Å². The van der Waals surface area contributed by atoms with Crippen LogP contribution in [0.2, 0.25) is 0 Å². The Balaban J connectivity index is 1.56. The van der Waals surface area contributed by atoms with Crippen LogP contribution in [0.1, 0.15) is 17.0 Å². The predicted octanol–water partition coefficient (Wildman–Crippen LogP) is 4.33. The molecule has 0 unspecified atom stereocenters. The fraction of sp³-hybridized carbons (Fsp3) is 0.0952. The van der Waals surface area contributed by atoms with E-state index in [0.29, 0.717) is 34.8 Å². The molecule has 29 heavy (non-hydrogen) atoms. The average Bonchev–Trinajstić information content (AvgIpc) is 3.15. The molecule has 0 spiro atoms. The van der Waals surface area contributed by atoms with Gasteiger partial charge >= 0.3 is 0 Å². The van der Waals surface area contributed by atoms with Crippen molar-refractivity contribution in [2.75, 3.05) is 5.32 Å². The highest BCUT2D eigenvalue weighted by Crippen LogP contribution is 2.26. The van der Waals surface area contributed by atoms with Crippen molar-refractivity contribution < 1.29 is 4.92 Å². The number of nitriles is 1. The number of H-pyrrole nitrogens is 1. The fourth-order valence-electron chi connectivity index (χ4n) is 3.23. The Bertz CT molecular complexity index is 1270. The third-order valence-corrected chi connectivity index (χ3v) is 4.60. The van der Waals surface area contributed by atoms with E-state index in [4.69, 9.17) is 5.26 Å². The number of non-ortho nitro benzene ring substituents is 1. The molecule has 0 amide bonds. The van der Waals surface area contributed by atoms with Crippen molar-refractivity contribution in [1.82, 2.24) is 15.0 Å². The van der Waals surface area contributed by atoms with Gasteiger partial charge in [-0.25, -0.2) is 9.97 Å². The summed E-state index contributed by atoms with van der Waals surface area (Å²) in [4.78, 5) is 22.5. The van der Waals surface area contributed by atoms with Crippen molar-refractivity contribution in [2.24, 2.45) is 0 Å². The summed E-state index contributed by atoms with van der Waals surface area (Å²) < 4.78 is 0. The molecule has 0 fully saturated rings. The quantitative estimate of drug-likeness (QED) is 0.390. The highest BCUT2D eigenvalue weighted by Gasteiger charge is 2.15. The summed E-state index contributed by atoms with van der Waals surface area (Å²) in [5, 5.41) is 23.4. The lowest BCUT2D eigenvalue weighted by atomic mass is 9.99. The summed E-state index contributed by atoms with van der Waals surface area (Å²) >= 11 is 0. The number of aromatic amines is 1. The number of nitro groups is 1. The molecule has 0 aliphatic rings. The first-order valence-corrected chi connectivity index (χ1v) is 8.88. The number of benzene rings is 2. The molecular formula is C21H16N6O2. The van der Waals surface area contributed by atoms with Crippen molar-refractivity contribution in [3.05, 3.63) is 81.8 Å². The van der Waals surface area contributed by atoms with E-state index in [1.165, 1.54) is 6.07 Å². The van der Waals surface area contributed by atoms with Crippen LogP contribution in [-0.2, 0) is 6.54 Å². The molecule has 0 bridgehead atoms. The molecule has 0 aliphatic carbocycles. The molecule has 0 radical (unpaired) electrons. The summed E-state index contributed by atoms with van der Waals surface area (Å²) in [5.74, 6) is 1.23. The number of rotatable bonds is 5. The summed E-state index contributed by atoms with van der Waals surface area (Å²) in [6.45, 7) is 2.31. The number of imidazole rings is 1. The summed E-state index contributed by atoms with van der Waals surface area (Å²) in [7, 11) is 0. The second-order valence-corrected chi connectivity index (χ2v) is 6.54. The van der Waals surface area contributed by atoms with Crippen LogP contribution < -0.4 is 5.32 Å². The van der Waals surface area contributed by atoms with Gasteiger partial charge in [0.05, 0.1) is 28.6 Å². The van der Waals surface area contributed by atoms with Gasteiger partial charge in [0.15, 0.2) is 5.52 Å². The Labute approximate surface area is 166 Å². The number of para-hydroxylation sites is 1. The topological polar surface area (TPSA) is 121 Å². The molecule has 8 heteroatoms.